The van der Waals surface area contributed by atoms with Gasteiger partial charge in [-0.05, 0) is 95.5 Å². The van der Waals surface area contributed by atoms with Crippen molar-refractivity contribution in [1.82, 2.24) is 9.97 Å². The minimum atomic E-state index is -0.675. The van der Waals surface area contributed by atoms with Crippen molar-refractivity contribution in [2.45, 2.75) is 72.0 Å². The lowest BCUT2D eigenvalue weighted by molar-refractivity contribution is -0.117. The first-order chi connectivity index (χ1) is 18.8. The van der Waals surface area contributed by atoms with Crippen LogP contribution in [-0.4, -0.2) is 45.8 Å². The molecular formula is C30H35N5O5. The molecule has 3 amide bonds. The van der Waals surface area contributed by atoms with E-state index in [-0.39, 0.29) is 11.8 Å². The Hall–Kier alpha value is -4.21. The van der Waals surface area contributed by atoms with Gasteiger partial charge in [-0.15, -0.1) is 0 Å². The number of fused-ring (bicyclic) bond motifs is 2. The molecule has 3 aromatic rings. The second-order valence-corrected chi connectivity index (χ2v) is 12.3. The molecular weight excluding hydrogens is 510 g/mol. The Morgan fingerprint density at radius 2 is 1.65 bits per heavy atom. The largest absolute Gasteiger partial charge is 0.444 e. The van der Waals surface area contributed by atoms with Crippen LogP contribution in [0, 0.1) is 5.92 Å². The highest BCUT2D eigenvalue weighted by atomic mass is 16.6. The molecule has 0 spiro atoms. The highest BCUT2D eigenvalue weighted by Crippen LogP contribution is 2.39. The zero-order chi connectivity index (χ0) is 28.8. The predicted octanol–water partition coefficient (Wildman–Crippen LogP) is 6.29. The molecule has 10 heteroatoms. The van der Waals surface area contributed by atoms with Gasteiger partial charge in [0, 0.05) is 35.8 Å². The summed E-state index contributed by atoms with van der Waals surface area (Å²) in [4.78, 5) is 48.5. The van der Waals surface area contributed by atoms with Crippen LogP contribution in [0.1, 0.15) is 59.9 Å². The summed E-state index contributed by atoms with van der Waals surface area (Å²) in [5.74, 6) is 0.443. The van der Waals surface area contributed by atoms with Crippen LogP contribution in [0.15, 0.2) is 36.8 Å². The highest BCUT2D eigenvalue weighted by Gasteiger charge is 2.32. The summed E-state index contributed by atoms with van der Waals surface area (Å²) in [6.07, 6.45) is 6.45. The summed E-state index contributed by atoms with van der Waals surface area (Å²) in [7, 11) is 0. The average molecular weight is 546 g/mol. The summed E-state index contributed by atoms with van der Waals surface area (Å²) in [5.41, 5.74) is 2.49. The van der Waals surface area contributed by atoms with Crippen molar-refractivity contribution in [2.75, 3.05) is 22.1 Å². The van der Waals surface area contributed by atoms with E-state index >= 15 is 0 Å². The highest BCUT2D eigenvalue weighted by molar-refractivity contribution is 6.05. The molecule has 1 aliphatic heterocycles. The molecule has 1 fully saturated rings. The van der Waals surface area contributed by atoms with E-state index in [0.717, 1.165) is 34.9 Å². The standard InChI is InChI=1S/C30H35N5O5/c1-29(2,3)39-27(37)33-23-12-18(11-19-13-25(32-15-22(19)23)34-26(36)17-7-8-17)21-14-31-16-24-20(21)9-10-35(24)28(38)40-30(4,5)6/h11-17H,7-10H2,1-6H3,(H,33,37)(H,32,34,36). The van der Waals surface area contributed by atoms with Gasteiger partial charge in [-0.2, -0.15) is 0 Å². The number of aromatic nitrogens is 2. The summed E-state index contributed by atoms with van der Waals surface area (Å²) in [6, 6.07) is 5.62. The minimum Gasteiger partial charge on any atom is -0.444 e. The summed E-state index contributed by atoms with van der Waals surface area (Å²) < 4.78 is 11.1. The molecule has 210 valence electrons. The van der Waals surface area contributed by atoms with Crippen LogP contribution >= 0.6 is 0 Å². The van der Waals surface area contributed by atoms with Gasteiger partial charge in [0.2, 0.25) is 5.91 Å². The molecule has 2 N–H and O–H groups in total. The molecule has 1 aromatic carbocycles. The Bertz CT molecular complexity index is 1500. The summed E-state index contributed by atoms with van der Waals surface area (Å²) in [5, 5.41) is 7.22. The van der Waals surface area contributed by atoms with Gasteiger partial charge in [0.05, 0.1) is 17.6 Å². The van der Waals surface area contributed by atoms with Gasteiger partial charge in [-0.3, -0.25) is 20.0 Å². The molecule has 0 bridgehead atoms. The smallest absolute Gasteiger partial charge is 0.414 e. The maximum atomic E-state index is 12.9. The van der Waals surface area contributed by atoms with Crippen LogP contribution in [0.2, 0.25) is 0 Å². The molecule has 1 saturated carbocycles. The number of ether oxygens (including phenoxy) is 2. The van der Waals surface area contributed by atoms with E-state index < -0.39 is 23.4 Å². The molecule has 40 heavy (non-hydrogen) atoms. The van der Waals surface area contributed by atoms with Gasteiger partial charge < -0.3 is 14.8 Å². The SMILES string of the molecule is CC(C)(C)OC(=O)Nc1cc(-c2cncc3c2CCN3C(=O)OC(C)(C)C)cc2cc(NC(=O)C3CC3)ncc12. The number of hydrogen-bond donors (Lipinski definition) is 2. The van der Waals surface area contributed by atoms with Gasteiger partial charge in [0.15, 0.2) is 0 Å². The quantitative estimate of drug-likeness (QED) is 0.395. The fraction of sp³-hybridized carbons (Fsp3) is 0.433. The number of carbonyl (C=O) groups is 3. The predicted molar refractivity (Wildman–Crippen MR) is 153 cm³/mol. The second-order valence-electron chi connectivity index (χ2n) is 12.3. The summed E-state index contributed by atoms with van der Waals surface area (Å²) >= 11 is 0. The normalized spacial score (nSPS) is 15.0. The van der Waals surface area contributed by atoms with Gasteiger partial charge >= 0.3 is 12.2 Å². The van der Waals surface area contributed by atoms with Gasteiger partial charge in [0.1, 0.15) is 17.0 Å². The van der Waals surface area contributed by atoms with Crippen molar-refractivity contribution in [3.63, 3.8) is 0 Å². The number of hydrogen-bond acceptors (Lipinski definition) is 7. The first kappa shape index (κ1) is 27.4. The molecule has 10 nitrogen and oxygen atoms in total. The molecule has 0 atom stereocenters. The molecule has 5 rings (SSSR count). The number of amides is 3. The van der Waals surface area contributed by atoms with E-state index in [1.54, 1.807) is 50.3 Å². The average Bonchev–Trinajstić information content (AvgIpc) is 3.60. The molecule has 3 heterocycles. The topological polar surface area (TPSA) is 123 Å². The third-order valence-electron chi connectivity index (χ3n) is 6.51. The van der Waals surface area contributed by atoms with Crippen LogP contribution in [0.4, 0.5) is 26.8 Å². The number of benzene rings is 1. The van der Waals surface area contributed by atoms with E-state index in [1.165, 1.54) is 0 Å². The van der Waals surface area contributed by atoms with E-state index in [4.69, 9.17) is 9.47 Å². The Kier molecular flexibility index (Phi) is 6.89. The fourth-order valence-electron chi connectivity index (χ4n) is 4.64. The number of pyridine rings is 2. The van der Waals surface area contributed by atoms with Crippen LogP contribution in [-0.2, 0) is 20.7 Å². The molecule has 0 unspecified atom stereocenters. The Morgan fingerprint density at radius 3 is 2.33 bits per heavy atom. The lowest BCUT2D eigenvalue weighted by Crippen LogP contribution is -2.35. The molecule has 0 saturated heterocycles. The zero-order valence-corrected chi connectivity index (χ0v) is 23.8. The third-order valence-corrected chi connectivity index (χ3v) is 6.51. The van der Waals surface area contributed by atoms with Crippen molar-refractivity contribution >= 4 is 46.1 Å². The molecule has 1 aliphatic carbocycles. The van der Waals surface area contributed by atoms with E-state index in [2.05, 4.69) is 20.6 Å². The van der Waals surface area contributed by atoms with Crippen molar-refractivity contribution < 1.29 is 23.9 Å². The Balaban J connectivity index is 1.56. The maximum absolute atomic E-state index is 12.9. The van der Waals surface area contributed by atoms with Gasteiger partial charge in [-0.1, -0.05) is 0 Å². The van der Waals surface area contributed by atoms with Gasteiger partial charge in [0.25, 0.3) is 0 Å². The van der Waals surface area contributed by atoms with Crippen molar-refractivity contribution in [1.29, 1.82) is 0 Å². The number of rotatable bonds is 4. The fourth-order valence-corrected chi connectivity index (χ4v) is 4.64. The number of nitrogens with zero attached hydrogens (tertiary/aromatic N) is 3. The molecule has 2 aliphatic rings. The Labute approximate surface area is 233 Å². The minimum absolute atomic E-state index is 0.0394. The first-order valence-corrected chi connectivity index (χ1v) is 13.5. The van der Waals surface area contributed by atoms with Crippen molar-refractivity contribution in [3.05, 3.63) is 42.4 Å². The van der Waals surface area contributed by atoms with Crippen LogP contribution < -0.4 is 15.5 Å². The number of nitrogens with one attached hydrogen (secondary N) is 2. The molecule has 0 radical (unpaired) electrons. The lowest BCUT2D eigenvalue weighted by atomic mass is 9.97. The van der Waals surface area contributed by atoms with Crippen molar-refractivity contribution in [2.24, 2.45) is 5.92 Å². The first-order valence-electron chi connectivity index (χ1n) is 13.5. The number of carbonyl (C=O) groups excluding carboxylic acids is 3. The molecule has 2 aromatic heterocycles. The third kappa shape index (κ3) is 6.16. The monoisotopic (exact) mass is 545 g/mol. The lowest BCUT2D eigenvalue weighted by Gasteiger charge is -2.24. The Morgan fingerprint density at radius 1 is 0.925 bits per heavy atom. The van der Waals surface area contributed by atoms with Gasteiger partial charge in [-0.25, -0.2) is 14.6 Å². The van der Waals surface area contributed by atoms with E-state index in [1.807, 2.05) is 32.9 Å². The second kappa shape index (κ2) is 10.1. The van der Waals surface area contributed by atoms with Crippen molar-refractivity contribution in [3.8, 4) is 11.1 Å². The van der Waals surface area contributed by atoms with Crippen LogP contribution in [0.3, 0.4) is 0 Å². The van der Waals surface area contributed by atoms with Crippen LogP contribution in [0.25, 0.3) is 21.9 Å². The maximum Gasteiger partial charge on any atom is 0.414 e. The van der Waals surface area contributed by atoms with E-state index in [0.29, 0.717) is 35.5 Å². The zero-order valence-electron chi connectivity index (χ0n) is 23.8. The van der Waals surface area contributed by atoms with E-state index in [9.17, 15) is 14.4 Å². The summed E-state index contributed by atoms with van der Waals surface area (Å²) in [6.45, 7) is 11.4. The van der Waals surface area contributed by atoms with Crippen LogP contribution in [0.5, 0.6) is 0 Å². The number of anilines is 3.